The van der Waals surface area contributed by atoms with E-state index in [0.717, 1.165) is 5.75 Å². The van der Waals surface area contributed by atoms with Gasteiger partial charge in [-0.3, -0.25) is 0 Å². The van der Waals surface area contributed by atoms with Gasteiger partial charge in [-0.25, -0.2) is 4.31 Å². The average Bonchev–Trinajstić information content (AvgIpc) is 2.31. The number of methoxy groups -OCH3 is 1. The Morgan fingerprint density at radius 2 is 1.73 bits per heavy atom. The van der Waals surface area contributed by atoms with Crippen molar-refractivity contribution in [2.24, 2.45) is 0 Å². The van der Waals surface area contributed by atoms with Crippen molar-refractivity contribution in [1.29, 1.82) is 0 Å². The number of benzene rings is 1. The summed E-state index contributed by atoms with van der Waals surface area (Å²) in [6.45, 7) is 2.44. The molecule has 1 aliphatic heterocycles. The highest BCUT2D eigenvalue weighted by Crippen LogP contribution is 2.27. The summed E-state index contributed by atoms with van der Waals surface area (Å²) in [5.41, 5.74) is 0. The van der Waals surface area contributed by atoms with Crippen LogP contribution in [-0.4, -0.2) is 24.5 Å². The monoisotopic (exact) mass is 223 g/mol. The van der Waals surface area contributed by atoms with E-state index in [2.05, 4.69) is 16.4 Å². The van der Waals surface area contributed by atoms with Crippen LogP contribution in [0.4, 0.5) is 0 Å². The van der Waals surface area contributed by atoms with E-state index in [1.54, 1.807) is 7.11 Å². The predicted octanol–water partition coefficient (Wildman–Crippen LogP) is 3.19. The smallest absolute Gasteiger partial charge is 0.118 e. The highest BCUT2D eigenvalue weighted by Gasteiger charge is 2.10. The standard InChI is InChI=1S/C12H17NOS/c1-14-11-5-7-12(8-6-11)15-13-9-3-2-4-10-13/h5-8H,2-4,9-10H2,1H3. The van der Waals surface area contributed by atoms with Crippen molar-refractivity contribution < 1.29 is 4.74 Å². The number of hydrogen-bond acceptors (Lipinski definition) is 3. The van der Waals surface area contributed by atoms with Gasteiger partial charge in [-0.2, -0.15) is 0 Å². The molecule has 0 saturated carbocycles. The first kappa shape index (κ1) is 10.8. The van der Waals surface area contributed by atoms with Crippen molar-refractivity contribution in [3.8, 4) is 5.75 Å². The van der Waals surface area contributed by atoms with Crippen molar-refractivity contribution >= 4 is 11.9 Å². The third-order valence-corrected chi connectivity index (χ3v) is 3.72. The zero-order valence-corrected chi connectivity index (χ0v) is 9.93. The van der Waals surface area contributed by atoms with Gasteiger partial charge in [0.25, 0.3) is 0 Å². The van der Waals surface area contributed by atoms with Gasteiger partial charge >= 0.3 is 0 Å². The number of ether oxygens (including phenoxy) is 1. The van der Waals surface area contributed by atoms with E-state index >= 15 is 0 Å². The molecule has 3 heteroatoms. The van der Waals surface area contributed by atoms with E-state index in [4.69, 9.17) is 4.74 Å². The fourth-order valence-electron chi connectivity index (χ4n) is 1.74. The molecule has 0 aromatic heterocycles. The summed E-state index contributed by atoms with van der Waals surface area (Å²) < 4.78 is 7.59. The lowest BCUT2D eigenvalue weighted by atomic mass is 10.2. The molecule has 0 amide bonds. The Kier molecular flexibility index (Phi) is 3.92. The molecular weight excluding hydrogens is 206 g/mol. The summed E-state index contributed by atoms with van der Waals surface area (Å²) in [7, 11) is 1.70. The molecule has 82 valence electrons. The quantitative estimate of drug-likeness (QED) is 0.730. The first-order chi connectivity index (χ1) is 7.38. The van der Waals surface area contributed by atoms with Gasteiger partial charge in [-0.15, -0.1) is 0 Å². The predicted molar refractivity (Wildman–Crippen MR) is 64.3 cm³/mol. The molecule has 0 radical (unpaired) electrons. The third kappa shape index (κ3) is 3.14. The van der Waals surface area contributed by atoms with Crippen LogP contribution in [0.1, 0.15) is 19.3 Å². The van der Waals surface area contributed by atoms with Gasteiger partial charge < -0.3 is 4.74 Å². The van der Waals surface area contributed by atoms with Gasteiger partial charge in [0.05, 0.1) is 7.11 Å². The van der Waals surface area contributed by atoms with Crippen LogP contribution in [0, 0.1) is 0 Å². The Labute approximate surface area is 95.7 Å². The second-order valence-electron chi connectivity index (χ2n) is 3.76. The molecule has 1 heterocycles. The van der Waals surface area contributed by atoms with E-state index in [1.165, 1.54) is 37.2 Å². The van der Waals surface area contributed by atoms with Crippen molar-refractivity contribution in [3.05, 3.63) is 24.3 Å². The molecule has 1 aromatic rings. The minimum Gasteiger partial charge on any atom is -0.497 e. The van der Waals surface area contributed by atoms with E-state index < -0.39 is 0 Å². The first-order valence-corrected chi connectivity index (χ1v) is 6.23. The van der Waals surface area contributed by atoms with Gasteiger partial charge in [-0.1, -0.05) is 6.42 Å². The summed E-state index contributed by atoms with van der Waals surface area (Å²) in [4.78, 5) is 1.30. The maximum absolute atomic E-state index is 5.14. The molecule has 0 atom stereocenters. The summed E-state index contributed by atoms with van der Waals surface area (Å²) in [6.07, 6.45) is 4.06. The van der Waals surface area contributed by atoms with Gasteiger partial charge in [0.2, 0.25) is 0 Å². The Bertz CT molecular complexity index is 293. The minimum absolute atomic E-state index is 0.929. The van der Waals surface area contributed by atoms with Crippen LogP contribution in [-0.2, 0) is 0 Å². The summed E-state index contributed by atoms with van der Waals surface area (Å²) in [5.74, 6) is 0.929. The Morgan fingerprint density at radius 3 is 2.33 bits per heavy atom. The molecule has 0 N–H and O–H groups in total. The van der Waals surface area contributed by atoms with Crippen molar-refractivity contribution in [2.75, 3.05) is 20.2 Å². The normalized spacial score (nSPS) is 17.7. The number of piperidine rings is 1. The molecule has 1 saturated heterocycles. The molecule has 1 aliphatic rings. The van der Waals surface area contributed by atoms with Crippen LogP contribution >= 0.6 is 11.9 Å². The molecule has 0 bridgehead atoms. The van der Waals surface area contributed by atoms with Crippen molar-refractivity contribution in [2.45, 2.75) is 24.2 Å². The molecule has 0 aliphatic carbocycles. The first-order valence-electron chi connectivity index (χ1n) is 5.45. The third-order valence-electron chi connectivity index (χ3n) is 2.61. The maximum Gasteiger partial charge on any atom is 0.118 e. The number of rotatable bonds is 3. The Morgan fingerprint density at radius 1 is 1.07 bits per heavy atom. The molecule has 0 spiro atoms. The Hall–Kier alpha value is -0.670. The fraction of sp³-hybridized carbons (Fsp3) is 0.500. The molecule has 2 nitrogen and oxygen atoms in total. The van der Waals surface area contributed by atoms with Crippen LogP contribution in [0.15, 0.2) is 29.2 Å². The maximum atomic E-state index is 5.14. The lowest BCUT2D eigenvalue weighted by molar-refractivity contribution is 0.380. The van der Waals surface area contributed by atoms with E-state index in [1.807, 2.05) is 24.1 Å². The van der Waals surface area contributed by atoms with Crippen LogP contribution < -0.4 is 4.74 Å². The van der Waals surface area contributed by atoms with Crippen LogP contribution in [0.5, 0.6) is 5.75 Å². The van der Waals surface area contributed by atoms with Gasteiger partial charge in [0.15, 0.2) is 0 Å². The largest absolute Gasteiger partial charge is 0.497 e. The fourth-order valence-corrected chi connectivity index (χ4v) is 2.74. The zero-order chi connectivity index (χ0) is 10.5. The second kappa shape index (κ2) is 5.42. The molecule has 1 aromatic carbocycles. The topological polar surface area (TPSA) is 12.5 Å². The van der Waals surface area contributed by atoms with Crippen LogP contribution in [0.2, 0.25) is 0 Å². The lowest BCUT2D eigenvalue weighted by Gasteiger charge is -2.24. The number of hydrogen-bond donors (Lipinski definition) is 0. The molecule has 2 rings (SSSR count). The van der Waals surface area contributed by atoms with Crippen LogP contribution in [0.3, 0.4) is 0 Å². The molecule has 15 heavy (non-hydrogen) atoms. The van der Waals surface area contributed by atoms with Crippen LogP contribution in [0.25, 0.3) is 0 Å². The summed E-state index contributed by atoms with van der Waals surface area (Å²) >= 11 is 1.86. The van der Waals surface area contributed by atoms with Gasteiger partial charge in [0, 0.05) is 18.0 Å². The molecular formula is C12H17NOS. The molecule has 1 fully saturated rings. The highest BCUT2D eigenvalue weighted by atomic mass is 32.2. The van der Waals surface area contributed by atoms with E-state index in [-0.39, 0.29) is 0 Å². The summed E-state index contributed by atoms with van der Waals surface area (Å²) in [6, 6.07) is 8.29. The zero-order valence-electron chi connectivity index (χ0n) is 9.11. The lowest BCUT2D eigenvalue weighted by Crippen LogP contribution is -2.22. The minimum atomic E-state index is 0.929. The molecule has 0 unspecified atom stereocenters. The average molecular weight is 223 g/mol. The van der Waals surface area contributed by atoms with Crippen molar-refractivity contribution in [1.82, 2.24) is 4.31 Å². The highest BCUT2D eigenvalue weighted by molar-refractivity contribution is 7.97. The van der Waals surface area contributed by atoms with E-state index in [0.29, 0.717) is 0 Å². The van der Waals surface area contributed by atoms with Crippen molar-refractivity contribution in [3.63, 3.8) is 0 Å². The van der Waals surface area contributed by atoms with E-state index in [9.17, 15) is 0 Å². The Balaban J connectivity index is 1.91. The summed E-state index contributed by atoms with van der Waals surface area (Å²) in [5, 5.41) is 0. The SMILES string of the molecule is COc1ccc(SN2CCCCC2)cc1. The second-order valence-corrected chi connectivity index (χ2v) is 4.93. The van der Waals surface area contributed by atoms with Gasteiger partial charge in [-0.05, 0) is 49.1 Å². The van der Waals surface area contributed by atoms with Gasteiger partial charge in [0.1, 0.15) is 5.75 Å². The number of nitrogens with zero attached hydrogens (tertiary/aromatic N) is 1.